The zero-order chi connectivity index (χ0) is 13.3. The summed E-state index contributed by atoms with van der Waals surface area (Å²) in [5.74, 6) is 0.266. The zero-order valence-corrected chi connectivity index (χ0v) is 12.3. The van der Waals surface area contributed by atoms with Crippen LogP contribution in [-0.2, 0) is 9.84 Å². The van der Waals surface area contributed by atoms with Gasteiger partial charge in [0.2, 0.25) is 0 Å². The van der Waals surface area contributed by atoms with Crippen LogP contribution in [0, 0.1) is 0 Å². The third-order valence-electron chi connectivity index (χ3n) is 3.14. The largest absolute Gasteiger partial charge is 0.305 e. The molecule has 2 unspecified atom stereocenters. The average molecular weight is 308 g/mol. The van der Waals surface area contributed by atoms with E-state index in [0.717, 1.165) is 12.0 Å². The third-order valence-corrected chi connectivity index (χ3v) is 5.47. The van der Waals surface area contributed by atoms with E-state index in [2.05, 4.69) is 5.32 Å². The van der Waals surface area contributed by atoms with Crippen LogP contribution in [0.5, 0.6) is 0 Å². The minimum atomic E-state index is -3.04. The summed E-state index contributed by atoms with van der Waals surface area (Å²) < 4.78 is 23.8. The van der Waals surface area contributed by atoms with E-state index in [9.17, 15) is 8.42 Å². The number of hydrogen-bond acceptors (Lipinski definition) is 3. The number of hydrogen-bond donors (Lipinski definition) is 1. The molecule has 1 aromatic carbocycles. The van der Waals surface area contributed by atoms with E-state index in [0.29, 0.717) is 10.0 Å². The molecular weight excluding hydrogens is 293 g/mol. The summed E-state index contributed by atoms with van der Waals surface area (Å²) in [6.45, 7) is 1.97. The van der Waals surface area contributed by atoms with Crippen molar-refractivity contribution in [2.45, 2.75) is 25.4 Å². The first kappa shape index (κ1) is 14.1. The van der Waals surface area contributed by atoms with Crippen LogP contribution >= 0.6 is 23.2 Å². The molecule has 0 spiro atoms. The molecular formula is C12H15Cl2NO2S. The predicted molar refractivity (Wildman–Crippen MR) is 75.1 cm³/mol. The fraction of sp³-hybridized carbons (Fsp3) is 0.500. The monoisotopic (exact) mass is 307 g/mol. The molecule has 2 atom stereocenters. The van der Waals surface area contributed by atoms with Gasteiger partial charge in [0.1, 0.15) is 0 Å². The fourth-order valence-electron chi connectivity index (χ4n) is 2.21. The molecule has 0 aromatic heterocycles. The van der Waals surface area contributed by atoms with E-state index in [1.165, 1.54) is 0 Å². The van der Waals surface area contributed by atoms with Crippen molar-refractivity contribution >= 4 is 33.0 Å². The van der Waals surface area contributed by atoms with Crippen molar-refractivity contribution in [3.63, 3.8) is 0 Å². The van der Waals surface area contributed by atoms with E-state index in [1.807, 2.05) is 6.92 Å². The normalized spacial score (nSPS) is 27.1. The molecule has 0 amide bonds. The van der Waals surface area contributed by atoms with Crippen LogP contribution < -0.4 is 5.32 Å². The van der Waals surface area contributed by atoms with Gasteiger partial charge in [0.25, 0.3) is 0 Å². The molecule has 3 nitrogen and oxygen atoms in total. The summed E-state index contributed by atoms with van der Waals surface area (Å²) in [6.07, 6.45) is 0.772. The smallest absolute Gasteiger partial charge is 0.153 e. The summed E-state index contributed by atoms with van der Waals surface area (Å²) >= 11 is 12.1. The Hall–Kier alpha value is -0.290. The van der Waals surface area contributed by atoms with Crippen LogP contribution in [0.25, 0.3) is 0 Å². The highest BCUT2D eigenvalue weighted by Gasteiger charge is 2.32. The average Bonchev–Trinajstić information content (AvgIpc) is 2.30. The second kappa shape index (κ2) is 5.37. The summed E-state index contributed by atoms with van der Waals surface area (Å²) in [5.41, 5.74) is 0.755. The Kier molecular flexibility index (Phi) is 4.22. The first-order valence-corrected chi connectivity index (χ1v) is 8.40. The molecule has 2 rings (SSSR count). The Bertz CT molecular complexity index is 545. The van der Waals surface area contributed by atoms with Crippen LogP contribution in [0.2, 0.25) is 10.0 Å². The van der Waals surface area contributed by atoms with Gasteiger partial charge in [0, 0.05) is 22.1 Å². The lowest BCUT2D eigenvalue weighted by Gasteiger charge is -2.31. The van der Waals surface area contributed by atoms with Crippen molar-refractivity contribution in [2.75, 3.05) is 11.5 Å². The number of benzene rings is 1. The van der Waals surface area contributed by atoms with Crippen molar-refractivity contribution in [2.24, 2.45) is 0 Å². The number of rotatable bonds is 2. The maximum atomic E-state index is 11.9. The molecule has 0 aliphatic carbocycles. The second-order valence-corrected chi connectivity index (χ2v) is 7.56. The van der Waals surface area contributed by atoms with Crippen molar-refractivity contribution in [1.82, 2.24) is 5.32 Å². The van der Waals surface area contributed by atoms with Gasteiger partial charge in [0.05, 0.1) is 11.5 Å². The summed E-state index contributed by atoms with van der Waals surface area (Å²) in [5, 5.41) is 4.43. The van der Waals surface area contributed by atoms with Gasteiger partial charge in [-0.05, 0) is 30.2 Å². The predicted octanol–water partition coefficient (Wildman–Crippen LogP) is 2.83. The Morgan fingerprint density at radius 1 is 1.33 bits per heavy atom. The van der Waals surface area contributed by atoms with E-state index in [-0.39, 0.29) is 23.6 Å². The number of halogens is 2. The second-order valence-electron chi connectivity index (χ2n) is 4.57. The molecule has 6 heteroatoms. The van der Waals surface area contributed by atoms with E-state index in [1.54, 1.807) is 18.2 Å². The lowest BCUT2D eigenvalue weighted by molar-refractivity contribution is 0.440. The molecule has 0 bridgehead atoms. The Morgan fingerprint density at radius 2 is 2.06 bits per heavy atom. The van der Waals surface area contributed by atoms with Crippen molar-refractivity contribution in [3.8, 4) is 0 Å². The highest BCUT2D eigenvalue weighted by molar-refractivity contribution is 7.91. The Balaban J connectivity index is 2.34. The van der Waals surface area contributed by atoms with E-state index >= 15 is 0 Å². The van der Waals surface area contributed by atoms with Crippen molar-refractivity contribution in [3.05, 3.63) is 33.8 Å². The van der Waals surface area contributed by atoms with Gasteiger partial charge in [-0.25, -0.2) is 8.42 Å². The molecule has 1 heterocycles. The molecule has 1 aromatic rings. The van der Waals surface area contributed by atoms with Gasteiger partial charge < -0.3 is 5.32 Å². The lowest BCUT2D eigenvalue weighted by Crippen LogP contribution is -2.46. The topological polar surface area (TPSA) is 46.2 Å². The molecule has 1 saturated heterocycles. The SMILES string of the molecule is CCC1CS(=O)(=O)CC(c2cc(Cl)ccc2Cl)N1. The van der Waals surface area contributed by atoms with Gasteiger partial charge in [-0.15, -0.1) is 0 Å². The molecule has 1 aliphatic rings. The van der Waals surface area contributed by atoms with Gasteiger partial charge >= 0.3 is 0 Å². The zero-order valence-electron chi connectivity index (χ0n) is 9.99. The van der Waals surface area contributed by atoms with Crippen LogP contribution in [0.1, 0.15) is 24.9 Å². The summed E-state index contributed by atoms with van der Waals surface area (Å²) in [4.78, 5) is 0. The van der Waals surface area contributed by atoms with Crippen LogP contribution in [-0.4, -0.2) is 26.0 Å². The standard InChI is InChI=1S/C12H15Cl2NO2S/c1-2-9-6-18(16,17)7-12(15-9)10-5-8(13)3-4-11(10)14/h3-5,9,12,15H,2,6-7H2,1H3. The fourth-order valence-corrected chi connectivity index (χ4v) is 4.50. The maximum absolute atomic E-state index is 11.9. The molecule has 0 saturated carbocycles. The third kappa shape index (κ3) is 3.18. The van der Waals surface area contributed by atoms with Crippen LogP contribution in [0.15, 0.2) is 18.2 Å². The molecule has 1 aliphatic heterocycles. The quantitative estimate of drug-likeness (QED) is 0.914. The summed E-state index contributed by atoms with van der Waals surface area (Å²) in [6, 6.07) is 4.82. The van der Waals surface area contributed by atoms with Gasteiger partial charge in [-0.2, -0.15) is 0 Å². The number of nitrogens with one attached hydrogen (secondary N) is 1. The molecule has 1 fully saturated rings. The minimum Gasteiger partial charge on any atom is -0.305 e. The van der Waals surface area contributed by atoms with Gasteiger partial charge in [0.15, 0.2) is 9.84 Å². The van der Waals surface area contributed by atoms with E-state index in [4.69, 9.17) is 23.2 Å². The van der Waals surface area contributed by atoms with Gasteiger partial charge in [-0.1, -0.05) is 30.1 Å². The molecule has 0 radical (unpaired) electrons. The highest BCUT2D eigenvalue weighted by Crippen LogP contribution is 2.30. The Labute approximate surface area is 117 Å². The number of sulfone groups is 1. The first-order chi connectivity index (χ1) is 8.41. The van der Waals surface area contributed by atoms with Gasteiger partial charge in [-0.3, -0.25) is 0 Å². The molecule has 18 heavy (non-hydrogen) atoms. The molecule has 100 valence electrons. The van der Waals surface area contributed by atoms with E-state index < -0.39 is 9.84 Å². The van der Waals surface area contributed by atoms with Crippen LogP contribution in [0.3, 0.4) is 0 Å². The van der Waals surface area contributed by atoms with Crippen molar-refractivity contribution in [1.29, 1.82) is 0 Å². The first-order valence-electron chi connectivity index (χ1n) is 5.82. The molecule has 1 N–H and O–H groups in total. The minimum absolute atomic E-state index is 0.0243. The Morgan fingerprint density at radius 3 is 2.72 bits per heavy atom. The van der Waals surface area contributed by atoms with Crippen LogP contribution in [0.4, 0.5) is 0 Å². The van der Waals surface area contributed by atoms with Crippen molar-refractivity contribution < 1.29 is 8.42 Å². The summed E-state index contributed by atoms with van der Waals surface area (Å²) in [7, 11) is -3.04. The maximum Gasteiger partial charge on any atom is 0.153 e. The lowest BCUT2D eigenvalue weighted by atomic mass is 10.1. The highest BCUT2D eigenvalue weighted by atomic mass is 35.5.